The maximum atomic E-state index is 5.26. The molecule has 0 bridgehead atoms. The average Bonchev–Trinajstić information content (AvgIpc) is 1.56. The molecule has 0 aliphatic carbocycles. The molecular formula is C138H87N9S3. The smallest absolute Gasteiger partial charge is 0.160 e. The average molecular weight is 1970 g/mol. The van der Waals surface area contributed by atoms with Crippen molar-refractivity contribution in [2.75, 3.05) is 0 Å². The predicted octanol–water partition coefficient (Wildman–Crippen LogP) is 37.8. The molecule has 21 aromatic carbocycles. The van der Waals surface area contributed by atoms with Gasteiger partial charge >= 0.3 is 0 Å². The van der Waals surface area contributed by atoms with Crippen molar-refractivity contribution in [2.45, 2.75) is 0 Å². The second kappa shape index (κ2) is 37.8. The molecule has 0 fully saturated rings. The fraction of sp³-hybridized carbons (Fsp3) is 0. The van der Waals surface area contributed by atoms with Crippen molar-refractivity contribution in [1.29, 1.82) is 0 Å². The minimum absolute atomic E-state index is 0.732. The SMILES string of the molecule is c1ccc(-c2ccc(-c3nc(-c4ccccc4)nc4c3sc3c(-c5cccc(-c6cccc(-n7c8ccccc8c8ccccc87)c6)c5)cccc34)cc2)cc1.c1ccc(-c2cccc(-c3nc(-c4ccccc4)nc4c3sc3c(-c5ccc(-n6c7ccccc7c7ccccc76)cc5)cccc34)c2)cc1.c1ccc(-c2nc(-c3ccccc3)c3sc4c(-c5ccc(-n6c7ccccc7c7ccccc76)cc5)cccc4c3n2)cc1. The van der Waals surface area contributed by atoms with E-state index in [9.17, 15) is 0 Å². The fourth-order valence-corrected chi connectivity index (χ4v) is 25.7. The summed E-state index contributed by atoms with van der Waals surface area (Å²) in [6.45, 7) is 0. The lowest BCUT2D eigenvalue weighted by Gasteiger charge is -2.11. The van der Waals surface area contributed by atoms with Crippen LogP contribution in [-0.4, -0.2) is 43.6 Å². The molecular weight excluding hydrogens is 1880 g/mol. The van der Waals surface area contributed by atoms with Gasteiger partial charge < -0.3 is 13.7 Å². The van der Waals surface area contributed by atoms with Crippen molar-refractivity contribution >= 4 is 160 Å². The maximum Gasteiger partial charge on any atom is 0.160 e. The van der Waals surface area contributed by atoms with Crippen molar-refractivity contribution in [3.63, 3.8) is 0 Å². The molecule has 0 saturated carbocycles. The van der Waals surface area contributed by atoms with Gasteiger partial charge in [0.25, 0.3) is 0 Å². The van der Waals surface area contributed by atoms with Gasteiger partial charge in [-0.05, 0) is 152 Å². The number of rotatable bonds is 15. The molecule has 0 aliphatic rings. The molecule has 0 spiro atoms. The van der Waals surface area contributed by atoms with Crippen LogP contribution in [0.1, 0.15) is 0 Å². The Balaban J connectivity index is 0.000000109. The summed E-state index contributed by atoms with van der Waals surface area (Å²) in [7, 11) is 0. The van der Waals surface area contributed by atoms with E-state index in [0.717, 1.165) is 132 Å². The van der Waals surface area contributed by atoms with Crippen LogP contribution in [-0.2, 0) is 0 Å². The number of nitrogens with zero attached hydrogens (tertiary/aromatic N) is 9. The molecule has 0 unspecified atom stereocenters. The third kappa shape index (κ3) is 15.8. The van der Waals surface area contributed by atoms with Crippen LogP contribution in [0.5, 0.6) is 0 Å². The summed E-state index contributed by atoms with van der Waals surface area (Å²) in [5, 5.41) is 11.0. The Kier molecular flexibility index (Phi) is 22.3. The Hall–Kier alpha value is -19.1. The van der Waals surface area contributed by atoms with Gasteiger partial charge in [0, 0.05) is 113 Å². The van der Waals surface area contributed by atoms with Gasteiger partial charge in [-0.25, -0.2) is 29.9 Å². The minimum atomic E-state index is 0.732. The highest BCUT2D eigenvalue weighted by molar-refractivity contribution is 7.27. The van der Waals surface area contributed by atoms with E-state index in [1.807, 2.05) is 60.7 Å². The molecule has 0 atom stereocenters. The molecule has 702 valence electrons. The molecule has 12 heteroatoms. The summed E-state index contributed by atoms with van der Waals surface area (Å²) in [5.74, 6) is 2.21. The lowest BCUT2D eigenvalue weighted by atomic mass is 9.98. The third-order valence-corrected chi connectivity index (χ3v) is 32.6. The first kappa shape index (κ1) is 88.6. The highest BCUT2D eigenvalue weighted by Gasteiger charge is 2.26. The standard InChI is InChI=1S/C52H33N3S.C46H29N3S.C40H25N3S/c1-3-14-34(15-4-1)35-28-30-36(31-29-35)48-51-49(54-52(53-48)37-16-5-2-6-17-37)45-25-13-24-42(50(45)56-51)40-20-11-18-38(32-40)39-19-12-21-41(33-39)55-46-26-9-7-22-43(46)44-23-8-10-27-47(44)55;1-3-13-30(14-4-1)33-17-11-18-34(29-33)42-45-43(48-46(47-42)32-15-5-2-6-16-32)39-22-12-21-36(44(39)50-45)31-25-27-35(28-26-31)49-40-23-9-7-19-37(40)38-20-8-10-24-41(38)49;1-3-12-27(13-4-1)36-39-37(42-40(41-36)28-14-5-2-6-15-28)33-19-11-18-30(38(33)44-39)26-22-24-29(25-23-26)43-34-20-9-7-16-31(34)32-17-8-10-21-35(32)43/h1-33H;1-29H;1-25H. The Morgan fingerprint density at radius 2 is 0.360 bits per heavy atom. The summed E-state index contributed by atoms with van der Waals surface area (Å²) in [5.41, 5.74) is 37.1. The van der Waals surface area contributed by atoms with Gasteiger partial charge in [-0.2, -0.15) is 0 Å². The predicted molar refractivity (Wildman–Crippen MR) is 633 cm³/mol. The summed E-state index contributed by atoms with van der Waals surface area (Å²) in [6, 6.07) is 187. The van der Waals surface area contributed by atoms with E-state index in [4.69, 9.17) is 29.9 Å². The summed E-state index contributed by atoms with van der Waals surface area (Å²) in [6.07, 6.45) is 0. The Labute approximate surface area is 876 Å². The number of hydrogen-bond acceptors (Lipinski definition) is 9. The van der Waals surface area contributed by atoms with Crippen LogP contribution in [0.3, 0.4) is 0 Å². The minimum Gasteiger partial charge on any atom is -0.309 e. The molecule has 30 rings (SSSR count). The van der Waals surface area contributed by atoms with E-state index >= 15 is 0 Å². The van der Waals surface area contributed by atoms with Crippen LogP contribution < -0.4 is 0 Å². The van der Waals surface area contributed by atoms with E-state index in [-0.39, 0.29) is 0 Å². The van der Waals surface area contributed by atoms with Crippen molar-refractivity contribution in [3.05, 3.63) is 528 Å². The Morgan fingerprint density at radius 3 is 0.727 bits per heavy atom. The van der Waals surface area contributed by atoms with Crippen LogP contribution in [0, 0.1) is 0 Å². The molecule has 9 aromatic heterocycles. The summed E-state index contributed by atoms with van der Waals surface area (Å²) >= 11 is 5.35. The summed E-state index contributed by atoms with van der Waals surface area (Å²) in [4.78, 5) is 31.3. The van der Waals surface area contributed by atoms with E-state index in [1.54, 1.807) is 34.0 Å². The number of para-hydroxylation sites is 6. The second-order valence-corrected chi connectivity index (χ2v) is 40.8. The van der Waals surface area contributed by atoms with Gasteiger partial charge in [0.05, 0.1) is 80.8 Å². The van der Waals surface area contributed by atoms with Crippen molar-refractivity contribution in [2.24, 2.45) is 0 Å². The van der Waals surface area contributed by atoms with Crippen LogP contribution in [0.25, 0.3) is 278 Å². The van der Waals surface area contributed by atoms with Gasteiger partial charge in [-0.1, -0.05) is 443 Å². The lowest BCUT2D eigenvalue weighted by molar-refractivity contribution is 1.18. The van der Waals surface area contributed by atoms with E-state index < -0.39 is 0 Å². The highest BCUT2D eigenvalue weighted by atomic mass is 32.1. The van der Waals surface area contributed by atoms with Gasteiger partial charge in [-0.3, -0.25) is 0 Å². The zero-order valence-corrected chi connectivity index (χ0v) is 83.4. The first-order valence-electron chi connectivity index (χ1n) is 50.5. The maximum absolute atomic E-state index is 5.26. The number of thiophene rings is 3. The quantitative estimate of drug-likeness (QED) is 0.102. The number of aromatic nitrogens is 9. The zero-order chi connectivity index (χ0) is 99.1. The molecule has 0 N–H and O–H groups in total. The number of fused-ring (bicyclic) bond motifs is 18. The second-order valence-electron chi connectivity index (χ2n) is 37.8. The monoisotopic (exact) mass is 1970 g/mol. The Bertz CT molecular complexity index is 10300. The zero-order valence-electron chi connectivity index (χ0n) is 81.0. The van der Waals surface area contributed by atoms with Gasteiger partial charge in [-0.15, -0.1) is 34.0 Å². The van der Waals surface area contributed by atoms with Crippen molar-refractivity contribution in [1.82, 2.24) is 43.6 Å². The van der Waals surface area contributed by atoms with Crippen molar-refractivity contribution in [3.8, 4) is 152 Å². The largest absolute Gasteiger partial charge is 0.309 e. The molecule has 0 amide bonds. The lowest BCUT2D eigenvalue weighted by Crippen LogP contribution is -1.94. The molecule has 0 aliphatic heterocycles. The first-order chi connectivity index (χ1) is 74.4. The molecule has 9 nitrogen and oxygen atoms in total. The molecule has 0 saturated heterocycles. The number of benzene rings is 21. The fourth-order valence-electron chi connectivity index (χ4n) is 21.8. The number of hydrogen-bond donors (Lipinski definition) is 0. The molecule has 150 heavy (non-hydrogen) atoms. The highest BCUT2D eigenvalue weighted by Crippen LogP contribution is 2.50. The van der Waals surface area contributed by atoms with Gasteiger partial charge in [0.1, 0.15) is 0 Å². The van der Waals surface area contributed by atoms with E-state index in [2.05, 4.69) is 481 Å². The third-order valence-electron chi connectivity index (χ3n) is 28.9. The molecule has 30 aromatic rings. The van der Waals surface area contributed by atoms with E-state index in [0.29, 0.717) is 0 Å². The molecule has 9 heterocycles. The van der Waals surface area contributed by atoms with E-state index in [1.165, 1.54) is 146 Å². The normalized spacial score (nSPS) is 11.6. The van der Waals surface area contributed by atoms with Crippen molar-refractivity contribution < 1.29 is 0 Å². The Morgan fingerprint density at radius 1 is 0.133 bits per heavy atom. The first-order valence-corrected chi connectivity index (χ1v) is 53.0. The topological polar surface area (TPSA) is 92.1 Å². The molecule has 0 radical (unpaired) electrons. The van der Waals surface area contributed by atoms with Crippen LogP contribution in [0.2, 0.25) is 0 Å². The van der Waals surface area contributed by atoms with Crippen LogP contribution in [0.15, 0.2) is 528 Å². The van der Waals surface area contributed by atoms with Crippen LogP contribution in [0.4, 0.5) is 0 Å². The van der Waals surface area contributed by atoms with Gasteiger partial charge in [0.2, 0.25) is 0 Å². The van der Waals surface area contributed by atoms with Crippen LogP contribution >= 0.6 is 34.0 Å². The van der Waals surface area contributed by atoms with Gasteiger partial charge in [0.15, 0.2) is 17.5 Å². The summed E-state index contributed by atoms with van der Waals surface area (Å²) < 4.78 is 14.1.